The zero-order chi connectivity index (χ0) is 23.5. The maximum absolute atomic E-state index is 12.3. The summed E-state index contributed by atoms with van der Waals surface area (Å²) in [5.41, 5.74) is 7.64. The summed E-state index contributed by atoms with van der Waals surface area (Å²) in [6.45, 7) is 5.46. The number of ether oxygens (including phenoxy) is 2. The fraction of sp³-hybridized carbons (Fsp3) is 0.417. The SMILES string of the molecule is COc1ccc(NC(=O)NCc2ccc(N(C)CC(N)=O)cc2)cc1OCCCC(C)C. The van der Waals surface area contributed by atoms with E-state index in [1.807, 2.05) is 24.3 Å². The number of benzene rings is 2. The van der Waals surface area contributed by atoms with Crippen molar-refractivity contribution in [1.82, 2.24) is 5.32 Å². The van der Waals surface area contributed by atoms with E-state index in [4.69, 9.17) is 15.2 Å². The van der Waals surface area contributed by atoms with E-state index in [0.29, 0.717) is 36.3 Å². The van der Waals surface area contributed by atoms with Gasteiger partial charge in [-0.15, -0.1) is 0 Å². The first-order chi connectivity index (χ1) is 15.3. The molecule has 2 aromatic carbocycles. The number of primary amides is 1. The van der Waals surface area contributed by atoms with Crippen molar-refractivity contribution in [3.05, 3.63) is 48.0 Å². The van der Waals surface area contributed by atoms with Gasteiger partial charge in [0.25, 0.3) is 0 Å². The van der Waals surface area contributed by atoms with Crippen molar-refractivity contribution in [3.63, 3.8) is 0 Å². The van der Waals surface area contributed by atoms with Gasteiger partial charge in [-0.05, 0) is 48.6 Å². The maximum Gasteiger partial charge on any atom is 0.319 e. The summed E-state index contributed by atoms with van der Waals surface area (Å²) in [6, 6.07) is 12.5. The molecule has 3 amide bonds. The second-order valence-corrected chi connectivity index (χ2v) is 8.05. The third-order valence-corrected chi connectivity index (χ3v) is 4.83. The minimum absolute atomic E-state index is 0.144. The smallest absolute Gasteiger partial charge is 0.319 e. The van der Waals surface area contributed by atoms with Crippen LogP contribution < -0.4 is 30.7 Å². The molecule has 8 nitrogen and oxygen atoms in total. The Morgan fingerprint density at radius 2 is 1.81 bits per heavy atom. The molecule has 2 aromatic rings. The van der Waals surface area contributed by atoms with E-state index in [1.54, 1.807) is 37.3 Å². The van der Waals surface area contributed by atoms with E-state index in [9.17, 15) is 9.59 Å². The number of likely N-dealkylation sites (N-methyl/N-ethyl adjacent to an activating group) is 1. The Morgan fingerprint density at radius 1 is 1.09 bits per heavy atom. The highest BCUT2D eigenvalue weighted by atomic mass is 16.5. The minimum atomic E-state index is -0.391. The molecule has 32 heavy (non-hydrogen) atoms. The number of amides is 3. The molecule has 0 aliphatic rings. The van der Waals surface area contributed by atoms with Crippen LogP contribution in [0.25, 0.3) is 0 Å². The molecule has 0 fully saturated rings. The number of nitrogens with two attached hydrogens (primary N) is 1. The summed E-state index contributed by atoms with van der Waals surface area (Å²) in [5.74, 6) is 1.47. The van der Waals surface area contributed by atoms with Gasteiger partial charge in [-0.2, -0.15) is 0 Å². The summed E-state index contributed by atoms with van der Waals surface area (Å²) in [5, 5.41) is 5.65. The van der Waals surface area contributed by atoms with Crippen molar-refractivity contribution in [1.29, 1.82) is 0 Å². The number of urea groups is 1. The molecule has 0 atom stereocenters. The molecule has 0 unspecified atom stereocenters. The molecule has 0 radical (unpaired) electrons. The monoisotopic (exact) mass is 442 g/mol. The molecule has 2 rings (SSSR count). The van der Waals surface area contributed by atoms with Crippen LogP contribution in [0.2, 0.25) is 0 Å². The van der Waals surface area contributed by atoms with Crippen LogP contribution in [0.4, 0.5) is 16.2 Å². The second-order valence-electron chi connectivity index (χ2n) is 8.05. The van der Waals surface area contributed by atoms with E-state index in [0.717, 1.165) is 24.1 Å². The Hall–Kier alpha value is -3.42. The van der Waals surface area contributed by atoms with Crippen LogP contribution in [-0.2, 0) is 11.3 Å². The standard InChI is InChI=1S/C24H34N4O4/c1-17(2)6-5-13-32-22-14-19(9-12-21(22)31-4)27-24(30)26-15-18-7-10-20(11-8-18)28(3)16-23(25)29/h7-12,14,17H,5-6,13,15-16H2,1-4H3,(H2,25,29)(H2,26,27,30). The van der Waals surface area contributed by atoms with Crippen molar-refractivity contribution in [2.24, 2.45) is 11.7 Å². The van der Waals surface area contributed by atoms with Crippen LogP contribution in [0.1, 0.15) is 32.3 Å². The van der Waals surface area contributed by atoms with Crippen molar-refractivity contribution < 1.29 is 19.1 Å². The summed E-state index contributed by atoms with van der Waals surface area (Å²) in [6.07, 6.45) is 2.04. The van der Waals surface area contributed by atoms with E-state index >= 15 is 0 Å². The normalized spacial score (nSPS) is 10.5. The van der Waals surface area contributed by atoms with Crippen LogP contribution >= 0.6 is 0 Å². The predicted molar refractivity (Wildman–Crippen MR) is 127 cm³/mol. The molecule has 0 saturated heterocycles. The van der Waals surface area contributed by atoms with Gasteiger partial charge in [0, 0.05) is 31.0 Å². The maximum atomic E-state index is 12.3. The van der Waals surface area contributed by atoms with Gasteiger partial charge in [0.15, 0.2) is 11.5 Å². The van der Waals surface area contributed by atoms with Crippen LogP contribution in [0.5, 0.6) is 11.5 Å². The summed E-state index contributed by atoms with van der Waals surface area (Å²) in [4.78, 5) is 25.1. The molecule has 4 N–H and O–H groups in total. The summed E-state index contributed by atoms with van der Waals surface area (Å²) >= 11 is 0. The molecular weight excluding hydrogens is 408 g/mol. The minimum Gasteiger partial charge on any atom is -0.493 e. The Bertz CT molecular complexity index is 884. The van der Waals surface area contributed by atoms with Crippen molar-refractivity contribution in [2.75, 3.05) is 37.5 Å². The molecule has 0 aliphatic heterocycles. The first-order valence-electron chi connectivity index (χ1n) is 10.7. The average Bonchev–Trinajstić information content (AvgIpc) is 2.75. The number of anilines is 2. The zero-order valence-corrected chi connectivity index (χ0v) is 19.3. The number of carbonyl (C=O) groups excluding carboxylic acids is 2. The van der Waals surface area contributed by atoms with Gasteiger partial charge in [-0.3, -0.25) is 4.79 Å². The molecule has 0 aliphatic carbocycles. The van der Waals surface area contributed by atoms with Gasteiger partial charge < -0.3 is 30.7 Å². The molecule has 0 bridgehead atoms. The average molecular weight is 443 g/mol. The Labute approximate surface area is 190 Å². The first kappa shape index (κ1) is 24.8. The number of nitrogens with zero attached hydrogens (tertiary/aromatic N) is 1. The van der Waals surface area contributed by atoms with Crippen LogP contribution in [0, 0.1) is 5.92 Å². The topological polar surface area (TPSA) is 106 Å². The molecule has 0 saturated carbocycles. The van der Waals surface area contributed by atoms with Gasteiger partial charge in [-0.25, -0.2) is 4.79 Å². The lowest BCUT2D eigenvalue weighted by Gasteiger charge is -2.17. The number of methoxy groups -OCH3 is 1. The third-order valence-electron chi connectivity index (χ3n) is 4.83. The predicted octanol–water partition coefficient (Wildman–Crippen LogP) is 3.75. The largest absolute Gasteiger partial charge is 0.493 e. The van der Waals surface area contributed by atoms with Crippen LogP contribution in [0.3, 0.4) is 0 Å². The lowest BCUT2D eigenvalue weighted by Crippen LogP contribution is -2.30. The van der Waals surface area contributed by atoms with Crippen molar-refractivity contribution in [3.8, 4) is 11.5 Å². The fourth-order valence-corrected chi connectivity index (χ4v) is 3.09. The third kappa shape index (κ3) is 8.37. The van der Waals surface area contributed by atoms with Gasteiger partial charge in [-0.1, -0.05) is 26.0 Å². The van der Waals surface area contributed by atoms with Gasteiger partial charge >= 0.3 is 6.03 Å². The second kappa shape index (κ2) is 12.4. The molecule has 0 heterocycles. The van der Waals surface area contributed by atoms with E-state index in [1.165, 1.54) is 0 Å². The lowest BCUT2D eigenvalue weighted by molar-refractivity contribution is -0.116. The zero-order valence-electron chi connectivity index (χ0n) is 19.3. The van der Waals surface area contributed by atoms with E-state index in [2.05, 4.69) is 24.5 Å². The Kier molecular flexibility index (Phi) is 9.66. The van der Waals surface area contributed by atoms with Crippen LogP contribution in [-0.4, -0.2) is 39.2 Å². The Balaban J connectivity index is 1.88. The number of hydrogen-bond donors (Lipinski definition) is 3. The summed E-state index contributed by atoms with van der Waals surface area (Å²) in [7, 11) is 3.38. The van der Waals surface area contributed by atoms with Crippen molar-refractivity contribution >= 4 is 23.3 Å². The molecule has 0 aromatic heterocycles. The summed E-state index contributed by atoms with van der Waals surface area (Å²) < 4.78 is 11.2. The highest BCUT2D eigenvalue weighted by Gasteiger charge is 2.09. The number of rotatable bonds is 12. The molecule has 0 spiro atoms. The molecular formula is C24H34N4O4. The lowest BCUT2D eigenvalue weighted by atomic mass is 10.1. The number of carbonyl (C=O) groups is 2. The highest BCUT2D eigenvalue weighted by molar-refractivity contribution is 5.89. The van der Waals surface area contributed by atoms with Crippen molar-refractivity contribution in [2.45, 2.75) is 33.2 Å². The number of nitrogens with one attached hydrogen (secondary N) is 2. The van der Waals surface area contributed by atoms with Gasteiger partial charge in [0.2, 0.25) is 5.91 Å². The quantitative estimate of drug-likeness (QED) is 0.434. The van der Waals surface area contributed by atoms with E-state index in [-0.39, 0.29) is 12.6 Å². The molecule has 174 valence electrons. The van der Waals surface area contributed by atoms with E-state index < -0.39 is 5.91 Å². The van der Waals surface area contributed by atoms with Gasteiger partial charge in [0.1, 0.15) is 0 Å². The molecule has 8 heteroatoms. The highest BCUT2D eigenvalue weighted by Crippen LogP contribution is 2.30. The Morgan fingerprint density at radius 3 is 2.44 bits per heavy atom. The fourth-order valence-electron chi connectivity index (χ4n) is 3.09. The van der Waals surface area contributed by atoms with Gasteiger partial charge in [0.05, 0.1) is 20.3 Å². The first-order valence-corrected chi connectivity index (χ1v) is 10.7. The number of hydrogen-bond acceptors (Lipinski definition) is 5. The van der Waals surface area contributed by atoms with Crippen LogP contribution in [0.15, 0.2) is 42.5 Å².